The van der Waals surface area contributed by atoms with Crippen LogP contribution in [0.1, 0.15) is 5.56 Å². The first-order valence-corrected chi connectivity index (χ1v) is 4.28. The van der Waals surface area contributed by atoms with Gasteiger partial charge in [-0.2, -0.15) is 0 Å². The average molecular weight is 240 g/mol. The molecule has 0 unspecified atom stereocenters. The monoisotopic (exact) mass is 238 g/mol. The van der Waals surface area contributed by atoms with Crippen LogP contribution in [0.5, 0.6) is 0 Å². The summed E-state index contributed by atoms with van der Waals surface area (Å²) in [5, 5.41) is 0. The van der Waals surface area contributed by atoms with Crippen molar-refractivity contribution in [1.29, 1.82) is 0 Å². The van der Waals surface area contributed by atoms with Crippen molar-refractivity contribution in [2.45, 2.75) is 3.24 Å². The molecule has 0 aliphatic rings. The summed E-state index contributed by atoms with van der Waals surface area (Å²) in [6.45, 7) is 0. The van der Waals surface area contributed by atoms with Gasteiger partial charge in [-0.15, -0.1) is 0 Å². The molecule has 0 heterocycles. The van der Waals surface area contributed by atoms with E-state index in [4.69, 9.17) is 23.2 Å². The van der Waals surface area contributed by atoms with E-state index < -0.39 is 3.24 Å². The van der Waals surface area contributed by atoms with Crippen LogP contribution in [0.25, 0.3) is 0 Å². The summed E-state index contributed by atoms with van der Waals surface area (Å²) < 4.78 is -0.950. The van der Waals surface area contributed by atoms with Gasteiger partial charge in [0.15, 0.2) is 3.24 Å². The molecule has 0 N–H and O–H groups in total. The van der Waals surface area contributed by atoms with Crippen LogP contribution in [0.2, 0.25) is 0 Å². The highest BCUT2D eigenvalue weighted by molar-refractivity contribution is 9.10. The Morgan fingerprint density at radius 2 is 1.60 bits per heavy atom. The second-order valence-electron chi connectivity index (χ2n) is 1.86. The predicted octanol–water partition coefficient (Wildman–Crippen LogP) is 3.67. The van der Waals surface area contributed by atoms with E-state index in [-0.39, 0.29) is 0 Å². The molecule has 0 aliphatic carbocycles. The fraction of sp³-hybridized carbons (Fsp3) is 0.143. The zero-order valence-corrected chi connectivity index (χ0v) is 8.12. The summed E-state index contributed by atoms with van der Waals surface area (Å²) in [5.41, 5.74) is 0.846. The van der Waals surface area contributed by atoms with Gasteiger partial charge in [-0.05, 0) is 21.5 Å². The van der Waals surface area contributed by atoms with Gasteiger partial charge in [0.25, 0.3) is 0 Å². The van der Waals surface area contributed by atoms with Crippen molar-refractivity contribution < 1.29 is 0 Å². The average Bonchev–Trinajstić information content (AvgIpc) is 1.88. The highest BCUT2D eigenvalue weighted by atomic mass is 79.9. The lowest BCUT2D eigenvalue weighted by Gasteiger charge is -2.09. The lowest BCUT2D eigenvalue weighted by atomic mass is 10.2. The molecular weight excluding hydrogens is 235 g/mol. The van der Waals surface area contributed by atoms with Crippen LogP contribution in [0.4, 0.5) is 0 Å². The highest BCUT2D eigenvalue weighted by Crippen LogP contribution is 2.39. The lowest BCUT2D eigenvalue weighted by Crippen LogP contribution is -1.97. The molecule has 0 saturated heterocycles. The van der Waals surface area contributed by atoms with Gasteiger partial charge in [0, 0.05) is 0 Å². The van der Waals surface area contributed by atoms with E-state index in [2.05, 4.69) is 15.9 Å². The molecule has 3 heteroatoms. The predicted molar refractivity (Wildman–Crippen MR) is 48.8 cm³/mol. The second kappa shape index (κ2) is 3.12. The number of hydrogen-bond acceptors (Lipinski definition) is 0. The maximum atomic E-state index is 5.74. The molecule has 0 spiro atoms. The SMILES string of the molecule is ClC(Cl)(Br)c1ccccc1. The third-order valence-corrected chi connectivity index (χ3v) is 2.00. The molecule has 1 aromatic carbocycles. The van der Waals surface area contributed by atoms with Crippen molar-refractivity contribution in [2.75, 3.05) is 0 Å². The minimum atomic E-state index is -0.950. The van der Waals surface area contributed by atoms with E-state index in [1.165, 1.54) is 0 Å². The molecule has 1 rings (SSSR count). The molecule has 0 atom stereocenters. The largest absolute Gasteiger partial charge is 0.197 e. The molecule has 0 radical (unpaired) electrons. The first-order valence-electron chi connectivity index (χ1n) is 2.73. The van der Waals surface area contributed by atoms with Gasteiger partial charge in [0.2, 0.25) is 0 Å². The zero-order valence-electron chi connectivity index (χ0n) is 5.02. The van der Waals surface area contributed by atoms with E-state index in [9.17, 15) is 0 Å². The van der Waals surface area contributed by atoms with Gasteiger partial charge in [0.05, 0.1) is 0 Å². The number of hydrogen-bond donors (Lipinski definition) is 0. The molecular formula is C7H5BrCl2. The van der Waals surface area contributed by atoms with E-state index in [1.54, 1.807) is 0 Å². The van der Waals surface area contributed by atoms with Gasteiger partial charge in [-0.3, -0.25) is 0 Å². The molecule has 0 saturated carbocycles. The van der Waals surface area contributed by atoms with Crippen molar-refractivity contribution in [3.8, 4) is 0 Å². The third kappa shape index (κ3) is 2.15. The fourth-order valence-corrected chi connectivity index (χ4v) is 1.14. The first kappa shape index (κ1) is 8.38. The van der Waals surface area contributed by atoms with Crippen LogP contribution in [0.3, 0.4) is 0 Å². The Balaban J connectivity index is 2.97. The van der Waals surface area contributed by atoms with Crippen molar-refractivity contribution in [3.05, 3.63) is 35.9 Å². The Bertz CT molecular complexity index is 203. The van der Waals surface area contributed by atoms with Crippen molar-refractivity contribution in [3.63, 3.8) is 0 Å². The number of halogens is 3. The second-order valence-corrected chi connectivity index (χ2v) is 5.29. The Labute approximate surface area is 78.3 Å². The van der Waals surface area contributed by atoms with Crippen LogP contribution < -0.4 is 0 Å². The Morgan fingerprint density at radius 1 is 1.10 bits per heavy atom. The zero-order chi connectivity index (χ0) is 7.61. The smallest absolute Gasteiger partial charge is 0.0834 e. The Morgan fingerprint density at radius 3 is 1.90 bits per heavy atom. The van der Waals surface area contributed by atoms with Crippen LogP contribution in [-0.4, -0.2) is 0 Å². The summed E-state index contributed by atoms with van der Waals surface area (Å²) in [6, 6.07) is 9.39. The molecule has 0 nitrogen and oxygen atoms in total. The number of rotatable bonds is 1. The van der Waals surface area contributed by atoms with Crippen LogP contribution in [0, 0.1) is 0 Å². The third-order valence-electron chi connectivity index (χ3n) is 1.10. The minimum absolute atomic E-state index is 0.846. The molecule has 0 amide bonds. The van der Waals surface area contributed by atoms with Gasteiger partial charge < -0.3 is 0 Å². The summed E-state index contributed by atoms with van der Waals surface area (Å²) in [5.74, 6) is 0. The Kier molecular flexibility index (Phi) is 2.61. The van der Waals surface area contributed by atoms with Gasteiger partial charge >= 0.3 is 0 Å². The van der Waals surface area contributed by atoms with Gasteiger partial charge in [-0.25, -0.2) is 0 Å². The number of benzene rings is 1. The summed E-state index contributed by atoms with van der Waals surface area (Å²) in [7, 11) is 0. The van der Waals surface area contributed by atoms with Crippen LogP contribution >= 0.6 is 39.1 Å². The normalized spacial score (nSPS) is 11.5. The van der Waals surface area contributed by atoms with Crippen molar-refractivity contribution in [1.82, 2.24) is 0 Å². The topological polar surface area (TPSA) is 0 Å². The molecule has 0 bridgehead atoms. The van der Waals surface area contributed by atoms with Crippen molar-refractivity contribution >= 4 is 39.1 Å². The first-order chi connectivity index (χ1) is 4.61. The summed E-state index contributed by atoms with van der Waals surface area (Å²) in [4.78, 5) is 0. The Hall–Kier alpha value is 0.280. The summed E-state index contributed by atoms with van der Waals surface area (Å²) >= 11 is 14.6. The fourth-order valence-electron chi connectivity index (χ4n) is 0.627. The number of alkyl halides is 3. The molecule has 1 aromatic rings. The minimum Gasteiger partial charge on any atom is -0.0834 e. The molecule has 0 fully saturated rings. The quantitative estimate of drug-likeness (QED) is 0.657. The van der Waals surface area contributed by atoms with Gasteiger partial charge in [-0.1, -0.05) is 53.5 Å². The summed E-state index contributed by atoms with van der Waals surface area (Å²) in [6.07, 6.45) is 0. The highest BCUT2D eigenvalue weighted by Gasteiger charge is 2.20. The van der Waals surface area contributed by atoms with Crippen molar-refractivity contribution in [2.24, 2.45) is 0 Å². The van der Waals surface area contributed by atoms with Crippen LogP contribution in [-0.2, 0) is 3.24 Å². The maximum absolute atomic E-state index is 5.74. The van der Waals surface area contributed by atoms with Crippen LogP contribution in [0.15, 0.2) is 30.3 Å². The van der Waals surface area contributed by atoms with E-state index in [0.29, 0.717) is 0 Å². The van der Waals surface area contributed by atoms with E-state index in [0.717, 1.165) is 5.56 Å². The molecule has 0 aromatic heterocycles. The van der Waals surface area contributed by atoms with Gasteiger partial charge in [0.1, 0.15) is 0 Å². The van der Waals surface area contributed by atoms with E-state index >= 15 is 0 Å². The molecule has 0 aliphatic heterocycles. The standard InChI is InChI=1S/C7H5BrCl2/c8-7(9,10)6-4-2-1-3-5-6/h1-5H. The molecule has 10 heavy (non-hydrogen) atoms. The maximum Gasteiger partial charge on any atom is 0.197 e. The molecule has 54 valence electrons. The lowest BCUT2D eigenvalue weighted by molar-refractivity contribution is 1.29. The van der Waals surface area contributed by atoms with E-state index in [1.807, 2.05) is 30.3 Å².